The highest BCUT2D eigenvalue weighted by Crippen LogP contribution is 2.37. The number of allylic oxidation sites excluding steroid dienone is 1. The zero-order chi connectivity index (χ0) is 12.6. The van der Waals surface area contributed by atoms with Crippen molar-refractivity contribution in [3.05, 3.63) is 34.7 Å². The van der Waals surface area contributed by atoms with Crippen LogP contribution in [0.25, 0.3) is 5.57 Å². The molecule has 90 valence electrons. The van der Waals surface area contributed by atoms with Gasteiger partial charge in [0.15, 0.2) is 0 Å². The fourth-order valence-electron chi connectivity index (χ4n) is 2.03. The van der Waals surface area contributed by atoms with Gasteiger partial charge in [0.2, 0.25) is 9.84 Å². The van der Waals surface area contributed by atoms with Crippen molar-refractivity contribution in [1.82, 2.24) is 0 Å². The van der Waals surface area contributed by atoms with E-state index in [2.05, 4.69) is 0 Å². The van der Waals surface area contributed by atoms with E-state index in [0.717, 1.165) is 0 Å². The molecule has 0 atom stereocenters. The van der Waals surface area contributed by atoms with Gasteiger partial charge in [-0.3, -0.25) is 4.79 Å². The molecule has 1 aromatic carbocycles. The molecule has 1 heterocycles. The van der Waals surface area contributed by atoms with Crippen LogP contribution in [0.1, 0.15) is 24.0 Å². The summed E-state index contributed by atoms with van der Waals surface area (Å²) in [5.74, 6) is -0.926. The van der Waals surface area contributed by atoms with Gasteiger partial charge < -0.3 is 5.11 Å². The third kappa shape index (κ3) is 2.10. The van der Waals surface area contributed by atoms with Crippen molar-refractivity contribution in [3.63, 3.8) is 0 Å². The lowest BCUT2D eigenvalue weighted by Gasteiger charge is -2.05. The summed E-state index contributed by atoms with van der Waals surface area (Å²) in [5, 5.41) is 9.82. The molecule has 0 aromatic heterocycles. The number of sulfone groups is 1. The van der Waals surface area contributed by atoms with Gasteiger partial charge in [0.05, 0.1) is 4.90 Å². The molecule has 2 rings (SSSR count). The second-order valence-electron chi connectivity index (χ2n) is 4.03. The molecule has 0 saturated heterocycles. The lowest BCUT2D eigenvalue weighted by Crippen LogP contribution is -1.97. The van der Waals surface area contributed by atoms with Gasteiger partial charge in [-0.1, -0.05) is 18.2 Å². The lowest BCUT2D eigenvalue weighted by atomic mass is 10.0. The molecule has 0 amide bonds. The average Bonchev–Trinajstić information content (AvgIpc) is 2.49. The zero-order valence-electron chi connectivity index (χ0n) is 9.30. The number of carboxylic acids is 1. The predicted octanol–water partition coefficient (Wildman–Crippen LogP) is 1.99. The topological polar surface area (TPSA) is 71.4 Å². The number of aliphatic carboxylic acids is 1. The Balaban J connectivity index is 2.47. The first kappa shape index (κ1) is 11.9. The molecule has 17 heavy (non-hydrogen) atoms. The van der Waals surface area contributed by atoms with E-state index in [1.165, 1.54) is 5.41 Å². The number of hydrogen-bond acceptors (Lipinski definition) is 3. The summed E-state index contributed by atoms with van der Waals surface area (Å²) in [6.45, 7) is 1.74. The first-order valence-electron chi connectivity index (χ1n) is 5.19. The number of carbonyl (C=O) groups is 1. The van der Waals surface area contributed by atoms with Gasteiger partial charge in [-0.15, -0.1) is 0 Å². The van der Waals surface area contributed by atoms with Gasteiger partial charge in [0.25, 0.3) is 0 Å². The molecule has 1 aliphatic heterocycles. The summed E-state index contributed by atoms with van der Waals surface area (Å²) in [4.78, 5) is 10.8. The fraction of sp³-hybridized carbons (Fsp3) is 0.250. The minimum atomic E-state index is -3.39. The van der Waals surface area contributed by atoms with Crippen LogP contribution < -0.4 is 0 Å². The van der Waals surface area contributed by atoms with E-state index in [1.807, 2.05) is 0 Å². The number of hydrogen-bond donors (Lipinski definition) is 1. The standard InChI is InChI=1S/C12H12O4S/c1-8-3-2-4-10-9(5-6-11(13)14)7-17(15,16)12(8)10/h2-4,7H,5-6H2,1H3,(H,13,14). The van der Waals surface area contributed by atoms with Crippen molar-refractivity contribution in [3.8, 4) is 0 Å². The number of rotatable bonds is 3. The van der Waals surface area contributed by atoms with Crippen LogP contribution >= 0.6 is 0 Å². The normalized spacial score (nSPS) is 16.4. The molecule has 0 spiro atoms. The van der Waals surface area contributed by atoms with E-state index < -0.39 is 15.8 Å². The van der Waals surface area contributed by atoms with Crippen LogP contribution in [0.15, 0.2) is 28.5 Å². The monoisotopic (exact) mass is 252 g/mol. The molecule has 0 saturated carbocycles. The van der Waals surface area contributed by atoms with E-state index in [-0.39, 0.29) is 12.8 Å². The molecule has 0 unspecified atom stereocenters. The summed E-state index contributed by atoms with van der Waals surface area (Å²) >= 11 is 0. The Bertz CT molecular complexity index is 611. The number of aryl methyl sites for hydroxylation is 1. The van der Waals surface area contributed by atoms with Gasteiger partial charge in [-0.05, 0) is 30.0 Å². The molecule has 5 heteroatoms. The molecule has 1 aliphatic rings. The maximum absolute atomic E-state index is 11.9. The summed E-state index contributed by atoms with van der Waals surface area (Å²) in [6.07, 6.45) is 0.180. The minimum absolute atomic E-state index is 0.0608. The molecule has 1 N–H and O–H groups in total. The molecule has 0 fully saturated rings. The summed E-state index contributed by atoms with van der Waals surface area (Å²) in [7, 11) is -3.39. The minimum Gasteiger partial charge on any atom is -0.481 e. The van der Waals surface area contributed by atoms with E-state index in [9.17, 15) is 13.2 Å². The first-order chi connectivity index (χ1) is 7.92. The highest BCUT2D eigenvalue weighted by molar-refractivity contribution is 7.95. The maximum atomic E-state index is 11.9. The van der Waals surface area contributed by atoms with E-state index >= 15 is 0 Å². The Morgan fingerprint density at radius 1 is 1.35 bits per heavy atom. The average molecular weight is 252 g/mol. The van der Waals surface area contributed by atoms with Crippen LogP contribution in [0.2, 0.25) is 0 Å². The first-order valence-corrected chi connectivity index (χ1v) is 6.74. The van der Waals surface area contributed by atoms with E-state index in [4.69, 9.17) is 5.11 Å². The third-order valence-electron chi connectivity index (χ3n) is 2.75. The predicted molar refractivity (Wildman–Crippen MR) is 63.2 cm³/mol. The quantitative estimate of drug-likeness (QED) is 0.893. The summed E-state index contributed by atoms with van der Waals surface area (Å²) in [6, 6.07) is 5.24. The Labute approximate surface area is 99.5 Å². The van der Waals surface area contributed by atoms with Gasteiger partial charge >= 0.3 is 5.97 Å². The largest absolute Gasteiger partial charge is 0.481 e. The Morgan fingerprint density at radius 2 is 2.06 bits per heavy atom. The summed E-state index contributed by atoms with van der Waals surface area (Å²) < 4.78 is 23.8. The zero-order valence-corrected chi connectivity index (χ0v) is 10.1. The maximum Gasteiger partial charge on any atom is 0.303 e. The molecule has 0 aliphatic carbocycles. The van der Waals surface area contributed by atoms with Crippen molar-refractivity contribution in [1.29, 1.82) is 0 Å². The smallest absolute Gasteiger partial charge is 0.303 e. The summed E-state index contributed by atoms with van der Waals surface area (Å²) in [5.41, 5.74) is 1.93. The molecule has 0 bridgehead atoms. The Kier molecular flexibility index (Phi) is 2.79. The molecular weight excluding hydrogens is 240 g/mol. The van der Waals surface area contributed by atoms with Crippen molar-refractivity contribution in [2.24, 2.45) is 0 Å². The van der Waals surface area contributed by atoms with Crippen molar-refractivity contribution in [2.75, 3.05) is 0 Å². The highest BCUT2D eigenvalue weighted by atomic mass is 32.2. The van der Waals surface area contributed by atoms with Gasteiger partial charge in [-0.2, -0.15) is 0 Å². The second-order valence-corrected chi connectivity index (χ2v) is 5.77. The van der Waals surface area contributed by atoms with Crippen LogP contribution in [0.5, 0.6) is 0 Å². The fourth-order valence-corrected chi connectivity index (χ4v) is 3.79. The van der Waals surface area contributed by atoms with E-state index in [0.29, 0.717) is 21.6 Å². The lowest BCUT2D eigenvalue weighted by molar-refractivity contribution is -0.136. The second kappa shape index (κ2) is 4.00. The van der Waals surface area contributed by atoms with Crippen LogP contribution in [0.3, 0.4) is 0 Å². The Morgan fingerprint density at radius 3 is 2.71 bits per heavy atom. The Hall–Kier alpha value is -1.62. The SMILES string of the molecule is Cc1cccc2c1S(=O)(=O)C=C2CCC(=O)O. The van der Waals surface area contributed by atoms with Gasteiger partial charge in [0.1, 0.15) is 0 Å². The van der Waals surface area contributed by atoms with Crippen LogP contribution in [-0.2, 0) is 14.6 Å². The molecule has 1 aromatic rings. The molecular formula is C12H12O4S. The highest BCUT2D eigenvalue weighted by Gasteiger charge is 2.28. The van der Waals surface area contributed by atoms with Gasteiger partial charge in [0, 0.05) is 11.8 Å². The number of carboxylic acid groups (broad SMARTS) is 1. The van der Waals surface area contributed by atoms with Gasteiger partial charge in [-0.25, -0.2) is 8.42 Å². The number of fused-ring (bicyclic) bond motifs is 1. The van der Waals surface area contributed by atoms with E-state index in [1.54, 1.807) is 25.1 Å². The van der Waals surface area contributed by atoms with Crippen LogP contribution in [0.4, 0.5) is 0 Å². The third-order valence-corrected chi connectivity index (χ3v) is 4.45. The van der Waals surface area contributed by atoms with Crippen molar-refractivity contribution < 1.29 is 18.3 Å². The molecule has 4 nitrogen and oxygen atoms in total. The van der Waals surface area contributed by atoms with Crippen molar-refractivity contribution >= 4 is 21.4 Å². The number of benzene rings is 1. The van der Waals surface area contributed by atoms with Crippen LogP contribution in [0, 0.1) is 6.92 Å². The van der Waals surface area contributed by atoms with Crippen LogP contribution in [-0.4, -0.2) is 19.5 Å². The molecule has 0 radical (unpaired) electrons. The van der Waals surface area contributed by atoms with Crippen molar-refractivity contribution in [2.45, 2.75) is 24.7 Å².